The van der Waals surface area contributed by atoms with Crippen molar-refractivity contribution >= 4 is 11.8 Å². The molecule has 0 aliphatic carbocycles. The molecule has 1 heterocycles. The van der Waals surface area contributed by atoms with Gasteiger partial charge in [-0.15, -0.1) is 0 Å². The molecular formula is C9H17N3O3. The van der Waals surface area contributed by atoms with Crippen molar-refractivity contribution in [2.24, 2.45) is 0 Å². The molecule has 0 spiro atoms. The Morgan fingerprint density at radius 2 is 2.40 bits per heavy atom. The quantitative estimate of drug-likeness (QED) is 0.579. The summed E-state index contributed by atoms with van der Waals surface area (Å²) < 4.78 is 4.96. The van der Waals surface area contributed by atoms with Gasteiger partial charge in [0.15, 0.2) is 0 Å². The second-order valence-corrected chi connectivity index (χ2v) is 3.73. The summed E-state index contributed by atoms with van der Waals surface area (Å²) in [5.74, 6) is -0.432. The van der Waals surface area contributed by atoms with Crippen molar-refractivity contribution in [2.75, 3.05) is 40.4 Å². The Hall–Kier alpha value is -1.14. The average Bonchev–Trinajstić information content (AvgIpc) is 2.17. The predicted molar refractivity (Wildman–Crippen MR) is 54.3 cm³/mol. The van der Waals surface area contributed by atoms with Crippen molar-refractivity contribution in [3.8, 4) is 0 Å². The summed E-state index contributed by atoms with van der Waals surface area (Å²) in [5.41, 5.74) is 0. The van der Waals surface area contributed by atoms with Crippen LogP contribution in [0.4, 0.5) is 0 Å². The Labute approximate surface area is 88.9 Å². The molecule has 2 N–H and O–H groups in total. The molecule has 1 aliphatic heterocycles. The zero-order chi connectivity index (χ0) is 11.3. The van der Waals surface area contributed by atoms with Crippen LogP contribution in [-0.4, -0.2) is 63.2 Å². The highest BCUT2D eigenvalue weighted by Gasteiger charge is 2.24. The molecule has 1 aliphatic rings. The van der Waals surface area contributed by atoms with E-state index in [1.807, 2.05) is 19.0 Å². The molecule has 15 heavy (non-hydrogen) atoms. The number of carbonyl (C=O) groups excluding carboxylic acids is 2. The summed E-state index contributed by atoms with van der Waals surface area (Å²) in [4.78, 5) is 24.4. The van der Waals surface area contributed by atoms with Crippen molar-refractivity contribution in [2.45, 2.75) is 6.04 Å². The molecule has 2 amide bonds. The number of nitrogens with one attached hydrogen (secondary N) is 2. The largest absolute Gasteiger partial charge is 0.369 e. The molecule has 6 nitrogen and oxygen atoms in total. The summed E-state index contributed by atoms with van der Waals surface area (Å²) >= 11 is 0. The maximum Gasteiger partial charge on any atom is 0.246 e. The fourth-order valence-electron chi connectivity index (χ4n) is 1.21. The van der Waals surface area contributed by atoms with Crippen LogP contribution in [0.5, 0.6) is 0 Å². The minimum absolute atomic E-state index is 0.0431. The minimum atomic E-state index is -0.548. The zero-order valence-corrected chi connectivity index (χ0v) is 9.08. The topological polar surface area (TPSA) is 70.7 Å². The molecule has 1 saturated heterocycles. The SMILES string of the molecule is CN(C)CCNC(=O)C1COCC(=O)N1. The monoisotopic (exact) mass is 215 g/mol. The Balaban J connectivity index is 2.24. The highest BCUT2D eigenvalue weighted by atomic mass is 16.5. The first-order valence-corrected chi connectivity index (χ1v) is 4.89. The van der Waals surface area contributed by atoms with Crippen molar-refractivity contribution < 1.29 is 14.3 Å². The van der Waals surface area contributed by atoms with Crippen molar-refractivity contribution in [1.82, 2.24) is 15.5 Å². The van der Waals surface area contributed by atoms with E-state index < -0.39 is 6.04 Å². The molecule has 0 bridgehead atoms. The lowest BCUT2D eigenvalue weighted by Crippen LogP contribution is -2.54. The Bertz CT molecular complexity index is 243. The number of carbonyl (C=O) groups is 2. The van der Waals surface area contributed by atoms with E-state index in [4.69, 9.17) is 4.74 Å². The summed E-state index contributed by atoms with van der Waals surface area (Å²) in [6, 6.07) is -0.548. The Morgan fingerprint density at radius 3 is 3.00 bits per heavy atom. The third kappa shape index (κ3) is 4.26. The fourth-order valence-corrected chi connectivity index (χ4v) is 1.21. The van der Waals surface area contributed by atoms with Gasteiger partial charge in [-0.25, -0.2) is 0 Å². The van der Waals surface area contributed by atoms with Crippen molar-refractivity contribution in [3.63, 3.8) is 0 Å². The van der Waals surface area contributed by atoms with Gasteiger partial charge >= 0.3 is 0 Å². The van der Waals surface area contributed by atoms with Gasteiger partial charge in [-0.3, -0.25) is 9.59 Å². The van der Waals surface area contributed by atoms with E-state index in [0.29, 0.717) is 6.54 Å². The van der Waals surface area contributed by atoms with Crippen LogP contribution in [0.3, 0.4) is 0 Å². The molecule has 1 atom stereocenters. The second-order valence-electron chi connectivity index (χ2n) is 3.73. The number of morpholine rings is 1. The van der Waals surface area contributed by atoms with E-state index >= 15 is 0 Å². The summed E-state index contributed by atoms with van der Waals surface area (Å²) in [5, 5.41) is 5.29. The lowest BCUT2D eigenvalue weighted by atomic mass is 10.2. The van der Waals surface area contributed by atoms with Gasteiger partial charge in [0, 0.05) is 13.1 Å². The maximum absolute atomic E-state index is 11.5. The van der Waals surface area contributed by atoms with Gasteiger partial charge in [-0.1, -0.05) is 0 Å². The van der Waals surface area contributed by atoms with E-state index in [9.17, 15) is 9.59 Å². The van der Waals surface area contributed by atoms with Crippen LogP contribution in [-0.2, 0) is 14.3 Å². The molecule has 0 saturated carbocycles. The van der Waals surface area contributed by atoms with E-state index in [2.05, 4.69) is 10.6 Å². The number of hydrogen-bond donors (Lipinski definition) is 2. The van der Waals surface area contributed by atoms with Gasteiger partial charge in [0.25, 0.3) is 0 Å². The van der Waals surface area contributed by atoms with E-state index in [-0.39, 0.29) is 25.0 Å². The standard InChI is InChI=1S/C9H17N3O3/c1-12(2)4-3-10-9(14)7-5-15-6-8(13)11-7/h7H,3-6H2,1-2H3,(H,10,14)(H,11,13). The van der Waals surface area contributed by atoms with Gasteiger partial charge < -0.3 is 20.3 Å². The lowest BCUT2D eigenvalue weighted by Gasteiger charge is -2.22. The molecule has 0 aromatic heterocycles. The predicted octanol–water partition coefficient (Wildman–Crippen LogP) is -1.82. The normalized spacial score (nSPS) is 21.3. The number of rotatable bonds is 4. The van der Waals surface area contributed by atoms with Crippen LogP contribution < -0.4 is 10.6 Å². The molecule has 6 heteroatoms. The first-order chi connectivity index (χ1) is 7.09. The molecule has 1 fully saturated rings. The molecular weight excluding hydrogens is 198 g/mol. The van der Waals surface area contributed by atoms with Crippen LogP contribution in [0.25, 0.3) is 0 Å². The van der Waals surface area contributed by atoms with Gasteiger partial charge in [0.1, 0.15) is 12.6 Å². The van der Waals surface area contributed by atoms with Crippen LogP contribution in [0.15, 0.2) is 0 Å². The summed E-state index contributed by atoms with van der Waals surface area (Å²) in [7, 11) is 3.86. The van der Waals surface area contributed by atoms with Gasteiger partial charge in [0.05, 0.1) is 6.61 Å². The average molecular weight is 215 g/mol. The van der Waals surface area contributed by atoms with Crippen LogP contribution in [0, 0.1) is 0 Å². The number of hydrogen-bond acceptors (Lipinski definition) is 4. The van der Waals surface area contributed by atoms with Gasteiger partial charge in [-0.05, 0) is 14.1 Å². The number of amides is 2. The minimum Gasteiger partial charge on any atom is -0.369 e. The van der Waals surface area contributed by atoms with Crippen LogP contribution >= 0.6 is 0 Å². The Morgan fingerprint density at radius 1 is 1.67 bits per heavy atom. The smallest absolute Gasteiger partial charge is 0.246 e. The van der Waals surface area contributed by atoms with E-state index in [0.717, 1.165) is 6.54 Å². The number of ether oxygens (including phenoxy) is 1. The highest BCUT2D eigenvalue weighted by Crippen LogP contribution is 1.93. The fraction of sp³-hybridized carbons (Fsp3) is 0.778. The molecule has 0 aromatic rings. The first-order valence-electron chi connectivity index (χ1n) is 4.89. The third-order valence-electron chi connectivity index (χ3n) is 2.03. The highest BCUT2D eigenvalue weighted by molar-refractivity contribution is 5.88. The maximum atomic E-state index is 11.5. The summed E-state index contributed by atoms with van der Waals surface area (Å²) in [6.07, 6.45) is 0. The summed E-state index contributed by atoms with van der Waals surface area (Å²) in [6.45, 7) is 1.63. The Kier molecular flexibility index (Phi) is 4.51. The second kappa shape index (κ2) is 5.67. The van der Waals surface area contributed by atoms with Gasteiger partial charge in [0.2, 0.25) is 11.8 Å². The van der Waals surface area contributed by atoms with Crippen LogP contribution in [0.1, 0.15) is 0 Å². The molecule has 0 aromatic carbocycles. The molecule has 1 unspecified atom stereocenters. The van der Waals surface area contributed by atoms with E-state index in [1.165, 1.54) is 0 Å². The van der Waals surface area contributed by atoms with E-state index in [1.54, 1.807) is 0 Å². The van der Waals surface area contributed by atoms with Crippen molar-refractivity contribution in [1.29, 1.82) is 0 Å². The third-order valence-corrected chi connectivity index (χ3v) is 2.03. The van der Waals surface area contributed by atoms with Crippen LogP contribution in [0.2, 0.25) is 0 Å². The lowest BCUT2D eigenvalue weighted by molar-refractivity contribution is -0.138. The molecule has 0 radical (unpaired) electrons. The van der Waals surface area contributed by atoms with Crippen molar-refractivity contribution in [3.05, 3.63) is 0 Å². The zero-order valence-electron chi connectivity index (χ0n) is 9.08. The number of likely N-dealkylation sites (N-methyl/N-ethyl adjacent to an activating group) is 1. The first kappa shape index (κ1) is 11.9. The molecule has 1 rings (SSSR count). The van der Waals surface area contributed by atoms with Gasteiger partial charge in [-0.2, -0.15) is 0 Å². The number of nitrogens with zero attached hydrogens (tertiary/aromatic N) is 1. The molecule has 86 valence electrons.